The Labute approximate surface area is 168 Å². The number of fused-ring (bicyclic) bond motifs is 1. The van der Waals surface area contributed by atoms with E-state index in [1.165, 1.54) is 23.6 Å². The lowest BCUT2D eigenvalue weighted by molar-refractivity contribution is 0.916. The van der Waals surface area contributed by atoms with Gasteiger partial charge in [-0.1, -0.05) is 30.3 Å². The highest BCUT2D eigenvalue weighted by Gasteiger charge is 2.26. The molecule has 0 spiro atoms. The maximum atomic E-state index is 4.77. The van der Waals surface area contributed by atoms with Crippen LogP contribution in [0.4, 0.5) is 11.6 Å². The Bertz CT molecular complexity index is 1160. The maximum absolute atomic E-state index is 4.77. The summed E-state index contributed by atoms with van der Waals surface area (Å²) in [6, 6.07) is 16.9. The molecular weight excluding hydrogens is 366 g/mol. The molecule has 2 aromatic carbocycles. The fraction of sp³-hybridized carbons (Fsp3) is 0.227. The summed E-state index contributed by atoms with van der Waals surface area (Å²) in [4.78, 5) is 10.6. The smallest absolute Gasteiger partial charge is 0.194 e. The van der Waals surface area contributed by atoms with Crippen molar-refractivity contribution >= 4 is 34.2 Å². The Kier molecular flexibility index (Phi) is 4.28. The lowest BCUT2D eigenvalue weighted by Gasteiger charge is -2.11. The van der Waals surface area contributed by atoms with Gasteiger partial charge in [0.2, 0.25) is 0 Å². The Balaban J connectivity index is 1.42. The Morgan fingerprint density at radius 3 is 2.64 bits per heavy atom. The van der Waals surface area contributed by atoms with Crippen LogP contribution in [0.3, 0.4) is 0 Å². The summed E-state index contributed by atoms with van der Waals surface area (Å²) in [6.45, 7) is 4.07. The zero-order chi connectivity index (χ0) is 19.1. The van der Waals surface area contributed by atoms with E-state index >= 15 is 0 Å². The van der Waals surface area contributed by atoms with E-state index in [9.17, 15) is 0 Å². The van der Waals surface area contributed by atoms with Crippen molar-refractivity contribution in [2.45, 2.75) is 42.7 Å². The van der Waals surface area contributed by atoms with Gasteiger partial charge in [0.05, 0.1) is 5.69 Å². The molecule has 4 aromatic rings. The van der Waals surface area contributed by atoms with E-state index in [1.54, 1.807) is 11.8 Å². The molecule has 1 fully saturated rings. The van der Waals surface area contributed by atoms with Crippen molar-refractivity contribution in [2.24, 2.45) is 0 Å². The van der Waals surface area contributed by atoms with E-state index in [4.69, 9.17) is 4.98 Å². The maximum Gasteiger partial charge on any atom is 0.194 e. The van der Waals surface area contributed by atoms with E-state index in [1.807, 2.05) is 13.8 Å². The molecule has 0 atom stereocenters. The van der Waals surface area contributed by atoms with Crippen molar-refractivity contribution in [1.82, 2.24) is 20.2 Å². The molecular formula is C22H21N5S. The first-order valence-electron chi connectivity index (χ1n) is 9.50. The number of anilines is 2. The number of aromatic nitrogens is 4. The van der Waals surface area contributed by atoms with E-state index in [0.717, 1.165) is 38.6 Å². The second-order valence-corrected chi connectivity index (χ2v) is 8.32. The summed E-state index contributed by atoms with van der Waals surface area (Å²) in [6.07, 6.45) is 2.48. The number of aryl methyl sites for hydroxylation is 1. The number of hydrogen-bond acceptors (Lipinski definition) is 5. The summed E-state index contributed by atoms with van der Waals surface area (Å²) < 4.78 is 0. The van der Waals surface area contributed by atoms with E-state index in [-0.39, 0.29) is 0 Å². The molecule has 1 aliphatic carbocycles. The minimum absolute atomic E-state index is 0.624. The molecule has 1 saturated carbocycles. The first kappa shape index (κ1) is 17.3. The average molecular weight is 388 g/mol. The third kappa shape index (κ3) is 3.47. The molecule has 140 valence electrons. The minimum atomic E-state index is 0.624. The summed E-state index contributed by atoms with van der Waals surface area (Å²) in [7, 11) is 0. The van der Waals surface area contributed by atoms with Crippen LogP contribution in [0.25, 0.3) is 10.8 Å². The molecule has 0 bridgehead atoms. The summed E-state index contributed by atoms with van der Waals surface area (Å²) in [5, 5.41) is 14.1. The van der Waals surface area contributed by atoms with Crippen LogP contribution in [0.5, 0.6) is 0 Å². The van der Waals surface area contributed by atoms with E-state index < -0.39 is 0 Å². The third-order valence-electron chi connectivity index (χ3n) is 5.15. The molecule has 28 heavy (non-hydrogen) atoms. The van der Waals surface area contributed by atoms with Crippen molar-refractivity contribution in [3.05, 3.63) is 65.5 Å². The number of benzene rings is 2. The van der Waals surface area contributed by atoms with Gasteiger partial charge in [-0.25, -0.2) is 9.97 Å². The van der Waals surface area contributed by atoms with Gasteiger partial charge in [0.1, 0.15) is 11.6 Å². The number of hydrogen-bond donors (Lipinski definition) is 2. The number of nitrogens with zero attached hydrogens (tertiary/aromatic N) is 3. The molecule has 0 radical (unpaired) electrons. The SMILES string of the molecule is Cc1nc(Sc2ccc3ccccc3c2)nc(Nc2cc(C3CC3)n[nH]2)c1C. The zero-order valence-electron chi connectivity index (χ0n) is 15.9. The second kappa shape index (κ2) is 6.95. The largest absolute Gasteiger partial charge is 0.325 e. The monoisotopic (exact) mass is 387 g/mol. The molecule has 1 aliphatic rings. The molecule has 2 aromatic heterocycles. The van der Waals surface area contributed by atoms with Crippen LogP contribution in [0, 0.1) is 13.8 Å². The van der Waals surface area contributed by atoms with Crippen LogP contribution in [-0.4, -0.2) is 20.2 Å². The number of nitrogens with one attached hydrogen (secondary N) is 2. The fourth-order valence-corrected chi connectivity index (χ4v) is 4.08. The van der Waals surface area contributed by atoms with Gasteiger partial charge in [0.15, 0.2) is 5.16 Å². The van der Waals surface area contributed by atoms with Crippen LogP contribution >= 0.6 is 11.8 Å². The lowest BCUT2D eigenvalue weighted by Crippen LogP contribution is -2.02. The molecule has 2 N–H and O–H groups in total. The van der Waals surface area contributed by atoms with Gasteiger partial charge in [-0.3, -0.25) is 5.10 Å². The number of H-pyrrole nitrogens is 1. The summed E-state index contributed by atoms with van der Waals surface area (Å²) in [5.74, 6) is 2.32. The molecule has 0 saturated heterocycles. The predicted molar refractivity (Wildman–Crippen MR) is 113 cm³/mol. The van der Waals surface area contributed by atoms with Gasteiger partial charge in [0, 0.05) is 28.1 Å². The molecule has 2 heterocycles. The van der Waals surface area contributed by atoms with Gasteiger partial charge < -0.3 is 5.32 Å². The Morgan fingerprint density at radius 2 is 1.82 bits per heavy atom. The molecule has 0 aliphatic heterocycles. The molecule has 5 nitrogen and oxygen atoms in total. The Hall–Kier alpha value is -2.86. The zero-order valence-corrected chi connectivity index (χ0v) is 16.7. The van der Waals surface area contributed by atoms with E-state index in [2.05, 4.69) is 69.0 Å². The molecule has 6 heteroatoms. The first-order chi connectivity index (χ1) is 13.7. The van der Waals surface area contributed by atoms with Crippen LogP contribution in [-0.2, 0) is 0 Å². The standard InChI is InChI=1S/C22H21N5S/c1-13-14(2)23-22(28-18-10-9-15-5-3-4-6-17(15)11-18)25-21(13)24-20-12-19(26-27-20)16-7-8-16/h3-6,9-12,16H,7-8H2,1-2H3,(H2,23,24,25,26,27). The molecule has 5 rings (SSSR count). The molecule has 0 unspecified atom stereocenters. The highest BCUT2D eigenvalue weighted by atomic mass is 32.2. The lowest BCUT2D eigenvalue weighted by atomic mass is 10.1. The number of aromatic amines is 1. The quantitative estimate of drug-likeness (QED) is 0.427. The van der Waals surface area contributed by atoms with Crippen LogP contribution in [0.1, 0.15) is 35.7 Å². The van der Waals surface area contributed by atoms with Gasteiger partial charge in [-0.05, 0) is 61.4 Å². The highest BCUT2D eigenvalue weighted by Crippen LogP contribution is 2.40. The first-order valence-corrected chi connectivity index (χ1v) is 10.3. The predicted octanol–water partition coefficient (Wildman–Crippen LogP) is 5.74. The average Bonchev–Trinajstić information content (AvgIpc) is 3.45. The fourth-order valence-electron chi connectivity index (χ4n) is 3.22. The van der Waals surface area contributed by atoms with Gasteiger partial charge >= 0.3 is 0 Å². The van der Waals surface area contributed by atoms with E-state index in [0.29, 0.717) is 5.92 Å². The minimum Gasteiger partial charge on any atom is -0.325 e. The van der Waals surface area contributed by atoms with Crippen molar-refractivity contribution < 1.29 is 0 Å². The molecule has 0 amide bonds. The van der Waals surface area contributed by atoms with Crippen molar-refractivity contribution in [2.75, 3.05) is 5.32 Å². The van der Waals surface area contributed by atoms with Crippen molar-refractivity contribution in [3.63, 3.8) is 0 Å². The summed E-state index contributed by atoms with van der Waals surface area (Å²) >= 11 is 1.58. The van der Waals surface area contributed by atoms with Crippen LogP contribution in [0.2, 0.25) is 0 Å². The Morgan fingerprint density at radius 1 is 1.00 bits per heavy atom. The van der Waals surface area contributed by atoms with Gasteiger partial charge in [-0.15, -0.1) is 0 Å². The van der Waals surface area contributed by atoms with Crippen LogP contribution in [0.15, 0.2) is 58.6 Å². The van der Waals surface area contributed by atoms with Crippen molar-refractivity contribution in [1.29, 1.82) is 0 Å². The topological polar surface area (TPSA) is 66.5 Å². The van der Waals surface area contributed by atoms with Gasteiger partial charge in [-0.2, -0.15) is 5.10 Å². The second-order valence-electron chi connectivity index (χ2n) is 7.28. The summed E-state index contributed by atoms with van der Waals surface area (Å²) in [5.41, 5.74) is 3.16. The number of rotatable bonds is 5. The van der Waals surface area contributed by atoms with Crippen molar-refractivity contribution in [3.8, 4) is 0 Å². The van der Waals surface area contributed by atoms with Gasteiger partial charge in [0.25, 0.3) is 0 Å². The normalized spacial score (nSPS) is 13.8. The highest BCUT2D eigenvalue weighted by molar-refractivity contribution is 7.99. The third-order valence-corrected chi connectivity index (χ3v) is 6.00. The van der Waals surface area contributed by atoms with Crippen LogP contribution < -0.4 is 5.32 Å².